The van der Waals surface area contributed by atoms with Crippen LogP contribution in [0, 0.1) is 18.8 Å². The zero-order valence-corrected chi connectivity index (χ0v) is 13.5. The van der Waals surface area contributed by atoms with Crippen molar-refractivity contribution in [3.63, 3.8) is 0 Å². The van der Waals surface area contributed by atoms with Gasteiger partial charge in [0.25, 0.3) is 0 Å². The second kappa shape index (κ2) is 6.23. The van der Waals surface area contributed by atoms with E-state index in [1.165, 1.54) is 29.3 Å². The first kappa shape index (κ1) is 14.8. The molecule has 19 heavy (non-hydrogen) atoms. The van der Waals surface area contributed by atoms with Crippen LogP contribution in [0.25, 0.3) is 0 Å². The zero-order valence-electron chi connectivity index (χ0n) is 12.6. The van der Waals surface area contributed by atoms with E-state index in [1.54, 1.807) is 11.3 Å². The van der Waals surface area contributed by atoms with Crippen molar-refractivity contribution in [3.05, 3.63) is 10.6 Å². The van der Waals surface area contributed by atoms with E-state index >= 15 is 0 Å². The fourth-order valence-corrected chi connectivity index (χ4v) is 4.00. The molecule has 2 rings (SSSR count). The first-order valence-corrected chi connectivity index (χ1v) is 8.28. The van der Waals surface area contributed by atoms with Crippen molar-refractivity contribution in [1.29, 1.82) is 0 Å². The number of hydrogen-bond acceptors (Lipinski definition) is 4. The van der Waals surface area contributed by atoms with Gasteiger partial charge in [-0.2, -0.15) is 0 Å². The normalized spacial score (nSPS) is 22.6. The van der Waals surface area contributed by atoms with Gasteiger partial charge in [-0.15, -0.1) is 11.3 Å². The second-order valence-electron chi connectivity index (χ2n) is 6.16. The molecule has 3 nitrogen and oxygen atoms in total. The van der Waals surface area contributed by atoms with Gasteiger partial charge in [-0.05, 0) is 44.9 Å². The molecule has 1 aromatic rings. The number of anilines is 1. The Kier molecular flexibility index (Phi) is 4.85. The molecule has 0 radical (unpaired) electrons. The van der Waals surface area contributed by atoms with Crippen molar-refractivity contribution in [3.8, 4) is 0 Å². The minimum absolute atomic E-state index is 0.0987. The molecule has 2 N–H and O–H groups in total. The van der Waals surface area contributed by atoms with Gasteiger partial charge in [-0.25, -0.2) is 4.98 Å². The molecule has 1 aliphatic heterocycles. The van der Waals surface area contributed by atoms with Crippen LogP contribution >= 0.6 is 11.3 Å². The third kappa shape index (κ3) is 3.48. The van der Waals surface area contributed by atoms with Crippen molar-refractivity contribution in [2.75, 3.05) is 18.0 Å². The molecule has 0 aromatic carbocycles. The van der Waals surface area contributed by atoms with Crippen molar-refractivity contribution in [2.45, 2.75) is 53.0 Å². The predicted molar refractivity (Wildman–Crippen MR) is 83.8 cm³/mol. The minimum Gasteiger partial charge on any atom is -0.348 e. The van der Waals surface area contributed by atoms with Crippen LogP contribution in [0.3, 0.4) is 0 Å². The van der Waals surface area contributed by atoms with Crippen LogP contribution in [-0.2, 0) is 0 Å². The Morgan fingerprint density at radius 3 is 2.58 bits per heavy atom. The lowest BCUT2D eigenvalue weighted by Crippen LogP contribution is -2.24. The Labute approximate surface area is 121 Å². The lowest BCUT2D eigenvalue weighted by Gasteiger charge is -2.20. The van der Waals surface area contributed by atoms with Crippen LogP contribution < -0.4 is 10.6 Å². The molecule has 108 valence electrons. The van der Waals surface area contributed by atoms with Gasteiger partial charge in [0, 0.05) is 24.0 Å². The number of aryl methyl sites for hydroxylation is 1. The first-order chi connectivity index (χ1) is 8.99. The topological polar surface area (TPSA) is 42.2 Å². The van der Waals surface area contributed by atoms with Crippen LogP contribution in [0.2, 0.25) is 0 Å². The van der Waals surface area contributed by atoms with Crippen LogP contribution in [0.4, 0.5) is 5.13 Å². The summed E-state index contributed by atoms with van der Waals surface area (Å²) in [6.07, 6.45) is 3.94. The Morgan fingerprint density at radius 1 is 1.26 bits per heavy atom. The van der Waals surface area contributed by atoms with E-state index in [4.69, 9.17) is 10.7 Å². The number of thiazole rings is 1. The molecule has 0 bridgehead atoms. The summed E-state index contributed by atoms with van der Waals surface area (Å²) in [6.45, 7) is 11.1. The van der Waals surface area contributed by atoms with E-state index in [2.05, 4.69) is 25.7 Å². The molecule has 0 spiro atoms. The van der Waals surface area contributed by atoms with E-state index < -0.39 is 0 Å². The lowest BCUT2D eigenvalue weighted by atomic mass is 9.89. The number of rotatable bonds is 3. The molecule has 1 saturated heterocycles. The van der Waals surface area contributed by atoms with Gasteiger partial charge in [0.1, 0.15) is 0 Å². The van der Waals surface area contributed by atoms with Gasteiger partial charge in [0.15, 0.2) is 5.13 Å². The summed E-state index contributed by atoms with van der Waals surface area (Å²) in [5.41, 5.74) is 7.11. The van der Waals surface area contributed by atoms with E-state index in [0.717, 1.165) is 30.6 Å². The first-order valence-electron chi connectivity index (χ1n) is 7.47. The molecule has 2 atom stereocenters. The van der Waals surface area contributed by atoms with Crippen molar-refractivity contribution in [1.82, 2.24) is 4.98 Å². The maximum absolute atomic E-state index is 6.00. The second-order valence-corrected chi connectivity index (χ2v) is 7.17. The Bertz CT molecular complexity index is 412. The average molecular weight is 281 g/mol. The van der Waals surface area contributed by atoms with Crippen molar-refractivity contribution >= 4 is 16.5 Å². The molecule has 4 heteroatoms. The van der Waals surface area contributed by atoms with Gasteiger partial charge < -0.3 is 10.6 Å². The third-order valence-electron chi connectivity index (χ3n) is 4.22. The van der Waals surface area contributed by atoms with Gasteiger partial charge in [-0.3, -0.25) is 0 Å². The summed E-state index contributed by atoms with van der Waals surface area (Å²) in [5, 5.41) is 1.18. The van der Waals surface area contributed by atoms with E-state index in [9.17, 15) is 0 Å². The Balaban J connectivity index is 2.08. The van der Waals surface area contributed by atoms with Crippen molar-refractivity contribution < 1.29 is 0 Å². The fourth-order valence-electron chi connectivity index (χ4n) is 2.93. The van der Waals surface area contributed by atoms with Crippen LogP contribution in [-0.4, -0.2) is 18.1 Å². The maximum atomic E-state index is 6.00. The van der Waals surface area contributed by atoms with E-state index in [0.29, 0.717) is 0 Å². The van der Waals surface area contributed by atoms with Crippen molar-refractivity contribution in [2.24, 2.45) is 17.6 Å². The SMILES string of the molecule is Cc1nc(N2CCCC(C(C)C)CC2)sc1C(C)N. The highest BCUT2D eigenvalue weighted by molar-refractivity contribution is 7.15. The van der Waals surface area contributed by atoms with Gasteiger partial charge >= 0.3 is 0 Å². The van der Waals surface area contributed by atoms with Gasteiger partial charge in [-0.1, -0.05) is 13.8 Å². The standard InChI is InChI=1S/C15H27N3S/c1-10(2)13-6-5-8-18(9-7-13)15-17-12(4)14(19-15)11(3)16/h10-11,13H,5-9,16H2,1-4H3. The highest BCUT2D eigenvalue weighted by atomic mass is 32.1. The lowest BCUT2D eigenvalue weighted by molar-refractivity contribution is 0.351. The molecule has 0 saturated carbocycles. The molecule has 1 fully saturated rings. The summed E-state index contributed by atoms with van der Waals surface area (Å²) in [7, 11) is 0. The van der Waals surface area contributed by atoms with Gasteiger partial charge in [0.05, 0.1) is 5.69 Å². The molecular formula is C15H27N3S. The quantitative estimate of drug-likeness (QED) is 0.918. The molecule has 1 aliphatic rings. The average Bonchev–Trinajstić information content (AvgIpc) is 2.59. The smallest absolute Gasteiger partial charge is 0.185 e. The molecule has 1 aromatic heterocycles. The van der Waals surface area contributed by atoms with Crippen LogP contribution in [0.15, 0.2) is 0 Å². The van der Waals surface area contributed by atoms with Crippen LogP contribution in [0.5, 0.6) is 0 Å². The maximum Gasteiger partial charge on any atom is 0.185 e. The van der Waals surface area contributed by atoms with E-state index in [1.807, 2.05) is 6.92 Å². The summed E-state index contributed by atoms with van der Waals surface area (Å²) >= 11 is 1.78. The fraction of sp³-hybridized carbons (Fsp3) is 0.800. The molecule has 2 heterocycles. The Morgan fingerprint density at radius 2 is 2.00 bits per heavy atom. The monoisotopic (exact) mass is 281 g/mol. The predicted octanol–water partition coefficient (Wildman–Crippen LogP) is 3.73. The summed E-state index contributed by atoms with van der Waals surface area (Å²) in [5.74, 6) is 1.68. The zero-order chi connectivity index (χ0) is 14.0. The minimum atomic E-state index is 0.0987. The third-order valence-corrected chi connectivity index (χ3v) is 5.64. The van der Waals surface area contributed by atoms with Crippen LogP contribution in [0.1, 0.15) is 56.6 Å². The highest BCUT2D eigenvalue weighted by Crippen LogP contribution is 2.32. The number of nitrogens with two attached hydrogens (primary N) is 1. The van der Waals surface area contributed by atoms with E-state index in [-0.39, 0.29) is 6.04 Å². The number of hydrogen-bond donors (Lipinski definition) is 1. The molecule has 0 aliphatic carbocycles. The highest BCUT2D eigenvalue weighted by Gasteiger charge is 2.22. The Hall–Kier alpha value is -0.610. The van der Waals surface area contributed by atoms with Gasteiger partial charge in [0.2, 0.25) is 0 Å². The molecule has 0 amide bonds. The summed E-state index contributed by atoms with van der Waals surface area (Å²) in [6, 6.07) is 0.0987. The molecule has 2 unspecified atom stereocenters. The number of aromatic nitrogens is 1. The number of nitrogens with zero attached hydrogens (tertiary/aromatic N) is 2. The molecular weight excluding hydrogens is 254 g/mol. The largest absolute Gasteiger partial charge is 0.348 e. The summed E-state index contributed by atoms with van der Waals surface area (Å²) in [4.78, 5) is 8.43. The summed E-state index contributed by atoms with van der Waals surface area (Å²) < 4.78 is 0.